The third-order valence-corrected chi connectivity index (χ3v) is 5.85. The lowest BCUT2D eigenvalue weighted by molar-refractivity contribution is 0.565. The summed E-state index contributed by atoms with van der Waals surface area (Å²) in [6.45, 7) is 1.79. The van der Waals surface area contributed by atoms with Crippen molar-refractivity contribution >= 4 is 9.84 Å². The summed E-state index contributed by atoms with van der Waals surface area (Å²) < 4.78 is 24.9. The van der Waals surface area contributed by atoms with Crippen LogP contribution < -0.4 is 0 Å². The molecule has 1 aromatic rings. The zero-order valence-electron chi connectivity index (χ0n) is 9.76. The third-order valence-electron chi connectivity index (χ3n) is 3.42. The van der Waals surface area contributed by atoms with Crippen LogP contribution in [0.15, 0.2) is 29.2 Å². The van der Waals surface area contributed by atoms with Gasteiger partial charge in [0.1, 0.15) is 0 Å². The molecule has 0 radical (unpaired) electrons. The lowest BCUT2D eigenvalue weighted by Gasteiger charge is -2.16. The van der Waals surface area contributed by atoms with Crippen LogP contribution in [0, 0.1) is 24.2 Å². The lowest BCUT2D eigenvalue weighted by Crippen LogP contribution is -2.25. The first-order valence-corrected chi connectivity index (χ1v) is 7.31. The molecule has 0 spiro atoms. The minimum Gasteiger partial charge on any atom is -0.223 e. The summed E-state index contributed by atoms with van der Waals surface area (Å²) in [4.78, 5) is 0.382. The van der Waals surface area contributed by atoms with E-state index in [0.717, 1.165) is 12.0 Å². The van der Waals surface area contributed by atoms with Gasteiger partial charge in [-0.15, -0.1) is 0 Å². The van der Waals surface area contributed by atoms with Gasteiger partial charge >= 0.3 is 0 Å². The van der Waals surface area contributed by atoms with Crippen LogP contribution in [0.4, 0.5) is 0 Å². The van der Waals surface area contributed by atoms with E-state index in [4.69, 9.17) is 5.26 Å². The average Bonchev–Trinajstić information content (AvgIpc) is 2.78. The van der Waals surface area contributed by atoms with Crippen LogP contribution in [0.1, 0.15) is 24.8 Å². The van der Waals surface area contributed by atoms with Crippen molar-refractivity contribution < 1.29 is 8.42 Å². The molecule has 2 rings (SSSR count). The number of hydrogen-bond acceptors (Lipinski definition) is 3. The molecule has 0 saturated heterocycles. The summed E-state index contributed by atoms with van der Waals surface area (Å²) in [5.74, 6) is -0.348. The van der Waals surface area contributed by atoms with Crippen molar-refractivity contribution in [2.75, 3.05) is 0 Å². The van der Waals surface area contributed by atoms with Crippen molar-refractivity contribution in [3.63, 3.8) is 0 Å². The number of rotatable bonds is 2. The predicted octanol–water partition coefficient (Wildman–Crippen LogP) is 2.46. The van der Waals surface area contributed by atoms with Crippen molar-refractivity contribution in [1.29, 1.82) is 5.26 Å². The highest BCUT2D eigenvalue weighted by Crippen LogP contribution is 2.35. The molecule has 1 aromatic carbocycles. The van der Waals surface area contributed by atoms with Gasteiger partial charge in [-0.1, -0.05) is 24.6 Å². The zero-order chi connectivity index (χ0) is 12.5. The first-order chi connectivity index (χ1) is 8.07. The Labute approximate surface area is 102 Å². The second-order valence-electron chi connectivity index (χ2n) is 4.52. The Balaban J connectivity index is 2.45. The maximum absolute atomic E-state index is 12.5. The molecule has 2 unspecified atom stereocenters. The smallest absolute Gasteiger partial charge is 0.182 e. The van der Waals surface area contributed by atoms with Gasteiger partial charge in [-0.05, 0) is 31.4 Å². The first kappa shape index (κ1) is 12.1. The van der Waals surface area contributed by atoms with E-state index >= 15 is 0 Å². The molecule has 1 saturated carbocycles. The number of aryl methyl sites for hydroxylation is 1. The van der Waals surface area contributed by atoms with Crippen molar-refractivity contribution in [2.24, 2.45) is 5.92 Å². The summed E-state index contributed by atoms with van der Waals surface area (Å²) in [5, 5.41) is 8.48. The molecule has 0 N–H and O–H groups in total. The van der Waals surface area contributed by atoms with Gasteiger partial charge in [0.25, 0.3) is 0 Å². The highest BCUT2D eigenvalue weighted by molar-refractivity contribution is 7.92. The maximum Gasteiger partial charge on any atom is 0.182 e. The summed E-state index contributed by atoms with van der Waals surface area (Å²) in [6, 6.07) is 9.12. The van der Waals surface area contributed by atoms with Crippen LogP contribution in [0.25, 0.3) is 0 Å². The Kier molecular flexibility index (Phi) is 3.21. The van der Waals surface area contributed by atoms with Crippen LogP contribution in [-0.2, 0) is 9.84 Å². The van der Waals surface area contributed by atoms with E-state index in [2.05, 4.69) is 6.07 Å². The van der Waals surface area contributed by atoms with Crippen LogP contribution >= 0.6 is 0 Å². The van der Waals surface area contributed by atoms with Gasteiger partial charge in [0.05, 0.1) is 22.1 Å². The fraction of sp³-hybridized carbons (Fsp3) is 0.462. The maximum atomic E-state index is 12.5. The molecular formula is C13H15NO2S. The van der Waals surface area contributed by atoms with Crippen LogP contribution in [-0.4, -0.2) is 13.7 Å². The normalized spacial score (nSPS) is 24.5. The first-order valence-electron chi connectivity index (χ1n) is 5.76. The van der Waals surface area contributed by atoms with E-state index in [0.29, 0.717) is 17.7 Å². The van der Waals surface area contributed by atoms with Gasteiger partial charge in [-0.25, -0.2) is 8.42 Å². The van der Waals surface area contributed by atoms with Crippen molar-refractivity contribution in [2.45, 2.75) is 36.3 Å². The summed E-state index contributed by atoms with van der Waals surface area (Å²) in [5.41, 5.74) is 0.760. The topological polar surface area (TPSA) is 57.9 Å². The third kappa shape index (κ3) is 2.07. The van der Waals surface area contributed by atoms with Crippen LogP contribution in [0.3, 0.4) is 0 Å². The van der Waals surface area contributed by atoms with E-state index in [9.17, 15) is 8.42 Å². The van der Waals surface area contributed by atoms with Crippen molar-refractivity contribution in [3.05, 3.63) is 29.8 Å². The minimum absolute atomic E-state index is 0.348. The van der Waals surface area contributed by atoms with E-state index in [1.807, 2.05) is 6.07 Å². The molecule has 0 aromatic heterocycles. The molecule has 3 nitrogen and oxygen atoms in total. The highest BCUT2D eigenvalue weighted by Gasteiger charge is 2.38. The Morgan fingerprint density at radius 3 is 2.65 bits per heavy atom. The second-order valence-corrected chi connectivity index (χ2v) is 6.65. The summed E-state index contributed by atoms with van der Waals surface area (Å²) in [7, 11) is -3.35. The molecular weight excluding hydrogens is 234 g/mol. The molecule has 1 fully saturated rings. The van der Waals surface area contributed by atoms with Gasteiger partial charge in [-0.3, -0.25) is 0 Å². The second kappa shape index (κ2) is 4.50. The van der Waals surface area contributed by atoms with Gasteiger partial charge < -0.3 is 0 Å². The Hall–Kier alpha value is -1.34. The number of benzene rings is 1. The fourth-order valence-electron chi connectivity index (χ4n) is 2.48. The molecule has 0 heterocycles. The average molecular weight is 249 g/mol. The van der Waals surface area contributed by atoms with Gasteiger partial charge in [-0.2, -0.15) is 5.26 Å². The molecule has 0 amide bonds. The van der Waals surface area contributed by atoms with E-state index in [1.165, 1.54) is 0 Å². The lowest BCUT2D eigenvalue weighted by atomic mass is 10.1. The summed E-state index contributed by atoms with van der Waals surface area (Å²) >= 11 is 0. The van der Waals surface area contributed by atoms with Gasteiger partial charge in [0.2, 0.25) is 0 Å². The number of sulfone groups is 1. The van der Waals surface area contributed by atoms with Crippen LogP contribution in [0.2, 0.25) is 0 Å². The molecule has 1 aliphatic carbocycles. The SMILES string of the molecule is Cc1ccccc1S(=O)(=O)C1CCCC1C#N. The molecule has 1 aliphatic rings. The predicted molar refractivity (Wildman–Crippen MR) is 65.1 cm³/mol. The Morgan fingerprint density at radius 2 is 2.00 bits per heavy atom. The van der Waals surface area contributed by atoms with Crippen molar-refractivity contribution in [3.8, 4) is 6.07 Å². The highest BCUT2D eigenvalue weighted by atomic mass is 32.2. The minimum atomic E-state index is -3.35. The Bertz CT molecular complexity index is 557. The van der Waals surface area contributed by atoms with Crippen LogP contribution in [0.5, 0.6) is 0 Å². The van der Waals surface area contributed by atoms with E-state index in [1.54, 1.807) is 25.1 Å². The zero-order valence-corrected chi connectivity index (χ0v) is 10.6. The molecule has 4 heteroatoms. The monoisotopic (exact) mass is 249 g/mol. The molecule has 17 heavy (non-hydrogen) atoms. The van der Waals surface area contributed by atoms with Crippen molar-refractivity contribution in [1.82, 2.24) is 0 Å². The molecule has 2 atom stereocenters. The summed E-state index contributed by atoms with van der Waals surface area (Å²) in [6.07, 6.45) is 2.13. The standard InChI is InChI=1S/C13H15NO2S/c1-10-5-2-3-7-12(10)17(15,16)13-8-4-6-11(13)9-14/h2-3,5,7,11,13H,4,6,8H2,1H3. The molecule has 90 valence electrons. The Morgan fingerprint density at radius 1 is 1.29 bits per heavy atom. The largest absolute Gasteiger partial charge is 0.223 e. The van der Waals surface area contributed by atoms with E-state index < -0.39 is 15.1 Å². The number of nitrogens with zero attached hydrogens (tertiary/aromatic N) is 1. The number of nitriles is 1. The van der Waals surface area contributed by atoms with Gasteiger partial charge in [0.15, 0.2) is 9.84 Å². The van der Waals surface area contributed by atoms with Gasteiger partial charge in [0, 0.05) is 0 Å². The quantitative estimate of drug-likeness (QED) is 0.809. The van der Waals surface area contributed by atoms with E-state index in [-0.39, 0.29) is 5.92 Å². The number of hydrogen-bond donors (Lipinski definition) is 0. The molecule has 0 bridgehead atoms. The molecule has 0 aliphatic heterocycles. The fourth-order valence-corrected chi connectivity index (χ4v) is 4.70.